The van der Waals surface area contributed by atoms with Crippen LogP contribution in [0, 0.1) is 0 Å². The summed E-state index contributed by atoms with van der Waals surface area (Å²) in [4.78, 5) is 25.2. The van der Waals surface area contributed by atoms with E-state index in [-0.39, 0.29) is 25.2 Å². The molecule has 2 heterocycles. The number of benzene rings is 3. The van der Waals surface area contributed by atoms with Gasteiger partial charge in [0.15, 0.2) is 0 Å². The van der Waals surface area contributed by atoms with Crippen molar-refractivity contribution >= 4 is 58.8 Å². The van der Waals surface area contributed by atoms with Crippen LogP contribution in [0.25, 0.3) is 25.0 Å². The van der Waals surface area contributed by atoms with Gasteiger partial charge in [-0.1, -0.05) is 0 Å². The van der Waals surface area contributed by atoms with Crippen molar-refractivity contribution in [2.24, 2.45) is 0 Å². The molecule has 9 heteroatoms. The first-order valence-corrected chi connectivity index (χ1v) is 13.2. The zero-order valence-electron chi connectivity index (χ0n) is 14.7. The summed E-state index contributed by atoms with van der Waals surface area (Å²) in [5, 5.41) is 1.13. The maximum absolute atomic E-state index is 13.0. The van der Waals surface area contributed by atoms with Gasteiger partial charge in [-0.05, 0) is 0 Å². The third-order valence-corrected chi connectivity index (χ3v) is 11.8. The molecule has 0 amide bonds. The molecule has 0 aliphatic carbocycles. The van der Waals surface area contributed by atoms with Crippen molar-refractivity contribution in [2.45, 2.75) is 4.90 Å². The van der Waals surface area contributed by atoms with Gasteiger partial charge in [-0.15, -0.1) is 0 Å². The van der Waals surface area contributed by atoms with Crippen LogP contribution in [0.4, 0.5) is 0 Å². The summed E-state index contributed by atoms with van der Waals surface area (Å²) in [6.07, 6.45) is 0. The molecule has 29 heavy (non-hydrogen) atoms. The van der Waals surface area contributed by atoms with Crippen molar-refractivity contribution < 1.29 is 8.42 Å². The number of fused-ring (bicyclic) bond motifs is 2. The van der Waals surface area contributed by atoms with Gasteiger partial charge in [-0.25, -0.2) is 0 Å². The van der Waals surface area contributed by atoms with Gasteiger partial charge >= 0.3 is 178 Å². The summed E-state index contributed by atoms with van der Waals surface area (Å²) in [7, 11) is -3.95. The molecule has 2 aromatic heterocycles. The molecular formula is C20H12N2O4SSe2. The van der Waals surface area contributed by atoms with Gasteiger partial charge in [0.05, 0.1) is 0 Å². The van der Waals surface area contributed by atoms with Gasteiger partial charge in [0.25, 0.3) is 0 Å². The molecule has 0 aliphatic heterocycles. The van der Waals surface area contributed by atoms with Crippen molar-refractivity contribution in [2.75, 3.05) is 0 Å². The summed E-state index contributed by atoms with van der Waals surface area (Å²) in [6.45, 7) is 0. The Morgan fingerprint density at radius 1 is 0.655 bits per heavy atom. The van der Waals surface area contributed by atoms with E-state index in [1.54, 1.807) is 46.0 Å². The first-order valence-electron chi connectivity index (χ1n) is 8.55. The molecule has 5 aromatic rings. The Hall–Kier alpha value is -2.41. The fraction of sp³-hybridized carbons (Fsp3) is 0. The van der Waals surface area contributed by atoms with Crippen LogP contribution in [0.1, 0.15) is 0 Å². The molecule has 0 aliphatic rings. The molecule has 3 aromatic carbocycles. The van der Waals surface area contributed by atoms with Gasteiger partial charge in [0.1, 0.15) is 0 Å². The van der Waals surface area contributed by atoms with E-state index in [1.165, 1.54) is 12.1 Å². The Morgan fingerprint density at radius 3 is 1.79 bits per heavy atom. The number of hydrogen-bond acceptors (Lipinski definition) is 4. The van der Waals surface area contributed by atoms with E-state index in [1.807, 2.05) is 18.2 Å². The Balaban J connectivity index is 1.60. The van der Waals surface area contributed by atoms with E-state index in [4.69, 9.17) is 0 Å². The Bertz CT molecular complexity index is 1610. The Morgan fingerprint density at radius 2 is 1.21 bits per heavy atom. The second-order valence-corrected chi connectivity index (χ2v) is 12.8. The van der Waals surface area contributed by atoms with Gasteiger partial charge in [0.2, 0.25) is 0 Å². The Kier molecular flexibility index (Phi) is 4.38. The predicted octanol–water partition coefficient (Wildman–Crippen LogP) is 1.66. The van der Waals surface area contributed by atoms with Gasteiger partial charge in [-0.2, -0.15) is 0 Å². The fourth-order valence-electron chi connectivity index (χ4n) is 3.10. The van der Waals surface area contributed by atoms with Crippen molar-refractivity contribution in [3.63, 3.8) is 0 Å². The average molecular weight is 534 g/mol. The first-order chi connectivity index (χ1) is 14.0. The third-order valence-electron chi connectivity index (χ3n) is 4.54. The molecule has 5 rings (SSSR count). The molecule has 0 bridgehead atoms. The molecule has 0 saturated carbocycles. The zero-order chi connectivity index (χ0) is 20.2. The monoisotopic (exact) mass is 536 g/mol. The standard InChI is InChI=1S/C20H12N2O4SSe2/c23-19-15-5-1-3-7-17(15)28-21(19)13-9-11-14(12-10-13)27(25,26)22-20(24)16-6-2-4-8-18(16)29-22/h1-12H. The molecule has 0 saturated heterocycles. The third kappa shape index (κ3) is 2.94. The number of nitrogens with zero attached hydrogens (tertiary/aromatic N) is 2. The van der Waals surface area contributed by atoms with Gasteiger partial charge in [0, 0.05) is 0 Å². The Labute approximate surface area is 177 Å². The molecule has 0 spiro atoms. The SMILES string of the molecule is O=c1c2ccccc2[se]n1-c1ccc(S(=O)(=O)n2[se]c3ccccc3c2=O)cc1. The van der Waals surface area contributed by atoms with Gasteiger partial charge in [-0.3, -0.25) is 0 Å². The summed E-state index contributed by atoms with van der Waals surface area (Å²) >= 11 is -0.815. The van der Waals surface area contributed by atoms with Crippen LogP contribution < -0.4 is 11.1 Å². The number of rotatable bonds is 3. The van der Waals surface area contributed by atoms with E-state index in [0.29, 0.717) is 16.5 Å². The zero-order valence-corrected chi connectivity index (χ0v) is 18.9. The number of hydrogen-bond donors (Lipinski definition) is 0. The van der Waals surface area contributed by atoms with Crippen LogP contribution in [0.15, 0.2) is 87.3 Å². The van der Waals surface area contributed by atoms with E-state index in [2.05, 4.69) is 0 Å². The van der Waals surface area contributed by atoms with Crippen LogP contribution >= 0.6 is 0 Å². The molecule has 0 unspecified atom stereocenters. The first kappa shape index (κ1) is 18.6. The fourth-order valence-corrected chi connectivity index (χ4v) is 9.44. The van der Waals surface area contributed by atoms with Crippen molar-refractivity contribution in [3.05, 3.63) is 93.5 Å². The molecule has 0 N–H and O–H groups in total. The van der Waals surface area contributed by atoms with Crippen LogP contribution in [0.3, 0.4) is 0 Å². The summed E-state index contributed by atoms with van der Waals surface area (Å²) in [5.74, 6) is 0. The van der Waals surface area contributed by atoms with E-state index in [9.17, 15) is 18.0 Å². The topological polar surface area (TPSA) is 78.1 Å². The molecule has 0 radical (unpaired) electrons. The molecule has 0 fully saturated rings. The molecular weight excluding hydrogens is 522 g/mol. The summed E-state index contributed by atoms with van der Waals surface area (Å²) in [6, 6.07) is 20.6. The van der Waals surface area contributed by atoms with E-state index in [0.717, 1.165) is 11.5 Å². The predicted molar refractivity (Wildman–Crippen MR) is 114 cm³/mol. The number of aromatic nitrogens is 2. The second kappa shape index (κ2) is 6.83. The van der Waals surface area contributed by atoms with Crippen LogP contribution in [-0.2, 0) is 10.0 Å². The minimum absolute atomic E-state index is 0.0425. The minimum atomic E-state index is -3.95. The van der Waals surface area contributed by atoms with Crippen LogP contribution in [0.5, 0.6) is 0 Å². The van der Waals surface area contributed by atoms with E-state index < -0.39 is 30.3 Å². The molecule has 144 valence electrons. The van der Waals surface area contributed by atoms with Crippen molar-refractivity contribution in [1.29, 1.82) is 0 Å². The average Bonchev–Trinajstić information content (AvgIpc) is 3.26. The van der Waals surface area contributed by atoms with Gasteiger partial charge < -0.3 is 0 Å². The van der Waals surface area contributed by atoms with Crippen LogP contribution in [-0.4, -0.2) is 44.4 Å². The quantitative estimate of drug-likeness (QED) is 0.330. The summed E-state index contributed by atoms with van der Waals surface area (Å²) < 4.78 is 30.5. The van der Waals surface area contributed by atoms with Crippen LogP contribution in [0.2, 0.25) is 0 Å². The van der Waals surface area contributed by atoms with E-state index >= 15 is 0 Å². The molecule has 6 nitrogen and oxygen atoms in total. The van der Waals surface area contributed by atoms with Crippen molar-refractivity contribution in [1.82, 2.24) is 6.53 Å². The molecule has 0 atom stereocenters. The second-order valence-electron chi connectivity index (χ2n) is 6.31. The summed E-state index contributed by atoms with van der Waals surface area (Å²) in [5.41, 5.74) is 0.0783. The maximum atomic E-state index is 13.0. The normalized spacial score (nSPS) is 12.0. The van der Waals surface area contributed by atoms with Crippen molar-refractivity contribution in [3.8, 4) is 5.69 Å².